The van der Waals surface area contributed by atoms with Gasteiger partial charge in [0.1, 0.15) is 6.61 Å². The minimum absolute atomic E-state index is 0.0683. The number of benzene rings is 2. The van der Waals surface area contributed by atoms with Gasteiger partial charge in [-0.25, -0.2) is 9.59 Å². The molecule has 1 atom stereocenters. The van der Waals surface area contributed by atoms with Gasteiger partial charge in [0, 0.05) is 6.42 Å². The Morgan fingerprint density at radius 3 is 2.18 bits per heavy atom. The zero-order chi connectivity index (χ0) is 19.7. The van der Waals surface area contributed by atoms with Crippen LogP contribution in [0.2, 0.25) is 0 Å². The summed E-state index contributed by atoms with van der Waals surface area (Å²) in [7, 11) is 0. The lowest BCUT2D eigenvalue weighted by molar-refractivity contribution is -0.144. The summed E-state index contributed by atoms with van der Waals surface area (Å²) in [6.45, 7) is 0.0241. The average Bonchev–Trinajstić information content (AvgIpc) is 3.25. The molecule has 8 nitrogen and oxygen atoms in total. The topological polar surface area (TPSA) is 93.2 Å². The van der Waals surface area contributed by atoms with Gasteiger partial charge < -0.3 is 9.47 Å². The van der Waals surface area contributed by atoms with Crippen LogP contribution in [-0.2, 0) is 20.9 Å². The van der Waals surface area contributed by atoms with Crippen molar-refractivity contribution in [2.24, 2.45) is 0 Å². The van der Waals surface area contributed by atoms with Gasteiger partial charge >= 0.3 is 12.1 Å². The number of rotatable bonds is 4. The van der Waals surface area contributed by atoms with Crippen LogP contribution in [0.15, 0.2) is 54.6 Å². The van der Waals surface area contributed by atoms with E-state index in [1.807, 2.05) is 6.07 Å². The molecule has 8 heteroatoms. The zero-order valence-corrected chi connectivity index (χ0v) is 14.7. The second-order valence-electron chi connectivity index (χ2n) is 6.32. The van der Waals surface area contributed by atoms with E-state index in [-0.39, 0.29) is 30.8 Å². The average molecular weight is 380 g/mol. The summed E-state index contributed by atoms with van der Waals surface area (Å²) >= 11 is 0. The maximum atomic E-state index is 12.8. The number of amides is 3. The number of ether oxygens (including phenoxy) is 2. The number of hydrogen-bond acceptors (Lipinski definition) is 6. The fourth-order valence-corrected chi connectivity index (χ4v) is 3.21. The van der Waals surface area contributed by atoms with Crippen LogP contribution in [0, 0.1) is 0 Å². The van der Waals surface area contributed by atoms with Gasteiger partial charge in [-0.05, 0) is 17.7 Å². The van der Waals surface area contributed by atoms with Crippen molar-refractivity contribution in [3.05, 3.63) is 71.3 Å². The van der Waals surface area contributed by atoms with Crippen molar-refractivity contribution in [3.63, 3.8) is 0 Å². The number of imide groups is 1. The normalized spacial score (nSPS) is 18.1. The van der Waals surface area contributed by atoms with E-state index in [4.69, 9.17) is 9.47 Å². The highest BCUT2D eigenvalue weighted by molar-refractivity contribution is 6.21. The minimum Gasteiger partial charge on any atom is -0.464 e. The Morgan fingerprint density at radius 1 is 1.00 bits per heavy atom. The molecule has 0 N–H and O–H groups in total. The van der Waals surface area contributed by atoms with Gasteiger partial charge in [0.25, 0.3) is 11.8 Å². The van der Waals surface area contributed by atoms with Gasteiger partial charge in [0.2, 0.25) is 0 Å². The number of carbonyl (C=O) groups is 4. The van der Waals surface area contributed by atoms with E-state index in [1.54, 1.807) is 36.4 Å². The molecule has 2 aliphatic rings. The van der Waals surface area contributed by atoms with E-state index in [9.17, 15) is 19.2 Å². The molecule has 0 saturated carbocycles. The molecular weight excluding hydrogens is 364 g/mol. The number of fused-ring (bicyclic) bond motifs is 1. The van der Waals surface area contributed by atoms with Crippen LogP contribution in [0.25, 0.3) is 0 Å². The van der Waals surface area contributed by atoms with Crippen molar-refractivity contribution < 1.29 is 28.7 Å². The summed E-state index contributed by atoms with van der Waals surface area (Å²) in [5.74, 6) is -2.05. The first-order valence-corrected chi connectivity index (χ1v) is 8.72. The number of nitrogens with zero attached hydrogens (tertiary/aromatic N) is 2. The van der Waals surface area contributed by atoms with E-state index in [2.05, 4.69) is 0 Å². The summed E-state index contributed by atoms with van der Waals surface area (Å²) in [5.41, 5.74) is 1.06. The predicted molar refractivity (Wildman–Crippen MR) is 94.8 cm³/mol. The van der Waals surface area contributed by atoms with Crippen molar-refractivity contribution in [2.45, 2.75) is 19.1 Å². The molecule has 2 aromatic carbocycles. The lowest BCUT2D eigenvalue weighted by atomic mass is 10.1. The first-order valence-electron chi connectivity index (χ1n) is 8.72. The van der Waals surface area contributed by atoms with Gasteiger partial charge in [0.15, 0.2) is 6.04 Å². The monoisotopic (exact) mass is 380 g/mol. The molecule has 28 heavy (non-hydrogen) atoms. The molecule has 2 aliphatic heterocycles. The molecule has 0 aromatic heterocycles. The molecular formula is C20H16N2O6. The number of carbonyl (C=O) groups excluding carboxylic acids is 4. The Balaban J connectivity index is 1.63. The maximum Gasteiger partial charge on any atom is 0.430 e. The van der Waals surface area contributed by atoms with Crippen molar-refractivity contribution in [2.75, 3.05) is 6.61 Å². The van der Waals surface area contributed by atoms with Crippen LogP contribution in [0.3, 0.4) is 0 Å². The van der Waals surface area contributed by atoms with Gasteiger partial charge in [-0.15, -0.1) is 0 Å². The lowest BCUT2D eigenvalue weighted by Gasteiger charge is -2.31. The van der Waals surface area contributed by atoms with Crippen LogP contribution in [0.4, 0.5) is 4.79 Å². The molecule has 0 aliphatic carbocycles. The van der Waals surface area contributed by atoms with Crippen molar-refractivity contribution in [1.29, 1.82) is 0 Å². The lowest BCUT2D eigenvalue weighted by Crippen LogP contribution is -2.56. The highest BCUT2D eigenvalue weighted by Crippen LogP contribution is 2.28. The summed E-state index contributed by atoms with van der Waals surface area (Å²) in [5, 5.41) is 1.46. The fourth-order valence-electron chi connectivity index (χ4n) is 3.21. The standard InChI is InChI=1S/C20H16N2O6/c23-17-14-8-4-5-9-15(14)18(24)22(17)21(16-10-11-27-19(16)25)20(26)28-12-13-6-2-1-3-7-13/h1-9,16H,10-12H2/t16-/m0/s1. The molecule has 0 spiro atoms. The highest BCUT2D eigenvalue weighted by atomic mass is 16.6. The van der Waals surface area contributed by atoms with Crippen LogP contribution in [-0.4, -0.2) is 46.5 Å². The van der Waals surface area contributed by atoms with Crippen LogP contribution >= 0.6 is 0 Å². The molecule has 0 bridgehead atoms. The van der Waals surface area contributed by atoms with Gasteiger partial charge in [-0.2, -0.15) is 10.0 Å². The van der Waals surface area contributed by atoms with Gasteiger partial charge in [0.05, 0.1) is 17.7 Å². The predicted octanol–water partition coefficient (Wildman–Crippen LogP) is 2.15. The van der Waals surface area contributed by atoms with Crippen molar-refractivity contribution >= 4 is 23.9 Å². The maximum absolute atomic E-state index is 12.8. The summed E-state index contributed by atoms with van der Waals surface area (Å²) in [6.07, 6.45) is -0.811. The molecule has 1 fully saturated rings. The van der Waals surface area contributed by atoms with Crippen molar-refractivity contribution in [3.8, 4) is 0 Å². The minimum atomic E-state index is -1.11. The summed E-state index contributed by atoms with van der Waals surface area (Å²) in [4.78, 5) is 50.5. The third-order valence-corrected chi connectivity index (χ3v) is 4.58. The Morgan fingerprint density at radius 2 is 1.61 bits per heavy atom. The largest absolute Gasteiger partial charge is 0.464 e. The fraction of sp³-hybridized carbons (Fsp3) is 0.200. The molecule has 2 heterocycles. The number of cyclic esters (lactones) is 1. The molecule has 4 rings (SSSR count). The smallest absolute Gasteiger partial charge is 0.430 e. The summed E-state index contributed by atoms with van der Waals surface area (Å²) in [6, 6.07) is 14.1. The Bertz CT molecular complexity index is 923. The van der Waals surface area contributed by atoms with Crippen LogP contribution in [0.5, 0.6) is 0 Å². The third-order valence-electron chi connectivity index (χ3n) is 4.58. The van der Waals surface area contributed by atoms with E-state index in [0.717, 1.165) is 10.6 Å². The van der Waals surface area contributed by atoms with Crippen molar-refractivity contribution in [1.82, 2.24) is 10.0 Å². The van der Waals surface area contributed by atoms with Crippen LogP contribution < -0.4 is 0 Å². The van der Waals surface area contributed by atoms with E-state index < -0.39 is 29.9 Å². The van der Waals surface area contributed by atoms with E-state index in [1.165, 1.54) is 12.1 Å². The molecule has 3 amide bonds. The highest BCUT2D eigenvalue weighted by Gasteiger charge is 2.48. The third kappa shape index (κ3) is 2.98. The molecule has 2 aromatic rings. The molecule has 0 radical (unpaired) electrons. The van der Waals surface area contributed by atoms with E-state index in [0.29, 0.717) is 5.01 Å². The van der Waals surface area contributed by atoms with Gasteiger partial charge in [-0.3, -0.25) is 9.59 Å². The quantitative estimate of drug-likeness (QED) is 0.596. The molecule has 1 saturated heterocycles. The van der Waals surface area contributed by atoms with E-state index >= 15 is 0 Å². The number of hydrazine groups is 1. The Hall–Kier alpha value is -3.68. The molecule has 142 valence electrons. The zero-order valence-electron chi connectivity index (χ0n) is 14.7. The molecule has 0 unspecified atom stereocenters. The summed E-state index contributed by atoms with van der Waals surface area (Å²) < 4.78 is 10.2. The Kier molecular flexibility index (Phi) is 4.52. The first kappa shape index (κ1) is 17.7. The second-order valence-corrected chi connectivity index (χ2v) is 6.32. The number of hydrogen-bond donors (Lipinski definition) is 0. The Labute approximate surface area is 160 Å². The first-order chi connectivity index (χ1) is 13.6. The van der Waals surface area contributed by atoms with Gasteiger partial charge in [-0.1, -0.05) is 42.5 Å². The number of esters is 1. The SMILES string of the molecule is O=C1OCC[C@@H]1N(C(=O)OCc1ccccc1)N1C(=O)c2ccccc2C1=O. The van der Waals surface area contributed by atoms with Crippen LogP contribution in [0.1, 0.15) is 32.7 Å². The second kappa shape index (κ2) is 7.15.